The zero-order valence-corrected chi connectivity index (χ0v) is 24.1. The van der Waals surface area contributed by atoms with Gasteiger partial charge in [-0.25, -0.2) is 5.43 Å². The zero-order valence-electron chi connectivity index (χ0n) is 21.0. The van der Waals surface area contributed by atoms with Crippen LogP contribution >= 0.6 is 39.1 Å². The van der Waals surface area contributed by atoms with Crippen molar-refractivity contribution in [2.24, 2.45) is 5.10 Å². The summed E-state index contributed by atoms with van der Waals surface area (Å²) in [5.74, 6) is 1.29. The van der Waals surface area contributed by atoms with Gasteiger partial charge >= 0.3 is 0 Å². The summed E-state index contributed by atoms with van der Waals surface area (Å²) < 4.78 is 18.6. The topological polar surface area (TPSA) is 69.2 Å². The van der Waals surface area contributed by atoms with Crippen molar-refractivity contribution in [3.05, 3.63) is 122 Å². The van der Waals surface area contributed by atoms with Crippen LogP contribution in [0.25, 0.3) is 0 Å². The van der Waals surface area contributed by atoms with Crippen LogP contribution in [-0.4, -0.2) is 18.7 Å². The molecule has 0 bridgehead atoms. The maximum absolute atomic E-state index is 12.2. The fourth-order valence-electron chi connectivity index (χ4n) is 3.54. The van der Waals surface area contributed by atoms with Crippen LogP contribution in [0.15, 0.2) is 94.5 Å². The Hall–Kier alpha value is -3.52. The van der Waals surface area contributed by atoms with Gasteiger partial charge in [0, 0.05) is 10.0 Å². The van der Waals surface area contributed by atoms with Gasteiger partial charge in [-0.3, -0.25) is 4.79 Å². The molecule has 4 aromatic rings. The Bertz CT molecular complexity index is 1420. The molecule has 4 aromatic carbocycles. The molecule has 0 aliphatic carbocycles. The van der Waals surface area contributed by atoms with Crippen LogP contribution in [0.5, 0.6) is 17.2 Å². The Balaban J connectivity index is 1.38. The fourth-order valence-corrected chi connectivity index (χ4v) is 4.42. The highest BCUT2D eigenvalue weighted by molar-refractivity contribution is 9.10. The van der Waals surface area contributed by atoms with E-state index in [2.05, 4.69) is 26.5 Å². The number of amides is 1. The summed E-state index contributed by atoms with van der Waals surface area (Å²) in [5.41, 5.74) is 5.50. The number of carbonyl (C=O) groups excluding carboxylic acids is 1. The van der Waals surface area contributed by atoms with Crippen molar-refractivity contribution in [2.75, 3.05) is 6.61 Å². The number of hydrogen-bond donors (Lipinski definition) is 1. The van der Waals surface area contributed by atoms with E-state index in [0.29, 0.717) is 51.6 Å². The Morgan fingerprint density at radius 3 is 2.23 bits per heavy atom. The monoisotopic (exact) mass is 626 g/mol. The number of benzene rings is 4. The molecule has 0 spiro atoms. The molecule has 0 aliphatic heterocycles. The van der Waals surface area contributed by atoms with Crippen LogP contribution in [-0.2, 0) is 13.2 Å². The number of hydrazone groups is 1. The van der Waals surface area contributed by atoms with Crippen LogP contribution in [0.1, 0.15) is 34.0 Å². The first-order valence-electron chi connectivity index (χ1n) is 12.1. The molecule has 0 unspecified atom stereocenters. The minimum Gasteiger partial charge on any atom is -0.490 e. The second-order valence-corrected chi connectivity index (χ2v) is 10.0. The highest BCUT2D eigenvalue weighted by atomic mass is 79.9. The number of hydrogen-bond acceptors (Lipinski definition) is 5. The third-order valence-electron chi connectivity index (χ3n) is 5.44. The molecule has 0 aliphatic rings. The van der Waals surface area contributed by atoms with Gasteiger partial charge in [-0.05, 0) is 72.1 Å². The van der Waals surface area contributed by atoms with Crippen LogP contribution in [0.2, 0.25) is 10.0 Å². The molecule has 0 saturated carbocycles. The van der Waals surface area contributed by atoms with E-state index in [1.807, 2.05) is 55.5 Å². The molecule has 9 heteroatoms. The van der Waals surface area contributed by atoms with Gasteiger partial charge in [0.25, 0.3) is 5.91 Å². The molecule has 0 saturated heterocycles. The van der Waals surface area contributed by atoms with Crippen molar-refractivity contribution in [2.45, 2.75) is 20.1 Å². The highest BCUT2D eigenvalue weighted by Gasteiger charge is 2.12. The number of nitrogens with one attached hydrogen (secondary N) is 1. The van der Waals surface area contributed by atoms with Crippen molar-refractivity contribution in [1.82, 2.24) is 5.43 Å². The molecule has 0 fully saturated rings. The smallest absolute Gasteiger partial charge is 0.271 e. The largest absolute Gasteiger partial charge is 0.490 e. The molecular formula is C30H25BrCl2N2O4. The molecule has 0 radical (unpaired) electrons. The number of halogens is 3. The Morgan fingerprint density at radius 1 is 0.846 bits per heavy atom. The van der Waals surface area contributed by atoms with Gasteiger partial charge in [0.05, 0.1) is 22.9 Å². The minimum atomic E-state index is -0.334. The average molecular weight is 628 g/mol. The second-order valence-electron chi connectivity index (χ2n) is 8.30. The maximum Gasteiger partial charge on any atom is 0.271 e. The number of ether oxygens (including phenoxy) is 3. The molecule has 0 atom stereocenters. The first kappa shape index (κ1) is 28.5. The van der Waals surface area contributed by atoms with Gasteiger partial charge in [0.2, 0.25) is 0 Å². The van der Waals surface area contributed by atoms with Gasteiger partial charge in [-0.15, -0.1) is 0 Å². The summed E-state index contributed by atoms with van der Waals surface area (Å²) in [6.07, 6.45) is 1.46. The van der Waals surface area contributed by atoms with E-state index in [1.165, 1.54) is 6.21 Å². The predicted molar refractivity (Wildman–Crippen MR) is 158 cm³/mol. The standard InChI is InChI=1S/C30H25BrCl2N2O4/c1-2-37-28-16-21(8-13-27(28)38-18-20-6-4-3-5-7-20)19-39-29-25(32)14-22(15-26(29)33)17-34-35-30(36)23-9-11-24(31)12-10-23/h3-17H,2,18-19H2,1H3,(H,35,36)/b34-17+. The second kappa shape index (κ2) is 14.0. The molecule has 0 heterocycles. The van der Waals surface area contributed by atoms with E-state index >= 15 is 0 Å². The summed E-state index contributed by atoms with van der Waals surface area (Å²) in [7, 11) is 0. The lowest BCUT2D eigenvalue weighted by molar-refractivity contribution is 0.0955. The molecule has 4 rings (SSSR count). The van der Waals surface area contributed by atoms with Gasteiger partial charge in [0.15, 0.2) is 17.2 Å². The van der Waals surface area contributed by atoms with Crippen molar-refractivity contribution >= 4 is 51.3 Å². The highest BCUT2D eigenvalue weighted by Crippen LogP contribution is 2.35. The van der Waals surface area contributed by atoms with Crippen molar-refractivity contribution in [3.8, 4) is 17.2 Å². The van der Waals surface area contributed by atoms with Crippen molar-refractivity contribution < 1.29 is 19.0 Å². The van der Waals surface area contributed by atoms with Crippen LogP contribution < -0.4 is 19.6 Å². The molecular weight excluding hydrogens is 603 g/mol. The Morgan fingerprint density at radius 2 is 1.54 bits per heavy atom. The first-order valence-corrected chi connectivity index (χ1v) is 13.6. The molecule has 0 aromatic heterocycles. The molecule has 6 nitrogen and oxygen atoms in total. The van der Waals surface area contributed by atoms with Gasteiger partial charge < -0.3 is 14.2 Å². The number of nitrogens with zero attached hydrogens (tertiary/aromatic N) is 1. The van der Waals surface area contributed by atoms with Gasteiger partial charge in [-0.2, -0.15) is 5.10 Å². The van der Waals surface area contributed by atoms with Crippen molar-refractivity contribution in [1.29, 1.82) is 0 Å². The quantitative estimate of drug-likeness (QED) is 0.135. The lowest BCUT2D eigenvalue weighted by Crippen LogP contribution is -2.17. The minimum absolute atomic E-state index is 0.217. The third-order valence-corrected chi connectivity index (χ3v) is 6.53. The molecule has 200 valence electrons. The Labute approximate surface area is 245 Å². The number of rotatable bonds is 11. The third kappa shape index (κ3) is 8.23. The summed E-state index contributed by atoms with van der Waals surface area (Å²) in [6.45, 7) is 3.07. The zero-order chi connectivity index (χ0) is 27.6. The lowest BCUT2D eigenvalue weighted by Gasteiger charge is -2.15. The van der Waals surface area contributed by atoms with Crippen LogP contribution in [0.4, 0.5) is 0 Å². The van der Waals surface area contributed by atoms with Gasteiger partial charge in [0.1, 0.15) is 13.2 Å². The summed E-state index contributed by atoms with van der Waals surface area (Å²) >= 11 is 16.2. The van der Waals surface area contributed by atoms with Crippen LogP contribution in [0.3, 0.4) is 0 Å². The lowest BCUT2D eigenvalue weighted by atomic mass is 10.2. The van der Waals surface area contributed by atoms with E-state index in [0.717, 1.165) is 15.6 Å². The van der Waals surface area contributed by atoms with E-state index in [-0.39, 0.29) is 12.5 Å². The van der Waals surface area contributed by atoms with Crippen molar-refractivity contribution in [3.63, 3.8) is 0 Å². The first-order chi connectivity index (χ1) is 18.9. The molecule has 1 amide bonds. The maximum atomic E-state index is 12.2. The summed E-state index contributed by atoms with van der Waals surface area (Å²) in [6, 6.07) is 25.8. The number of carbonyl (C=O) groups is 1. The van der Waals surface area contributed by atoms with E-state index in [1.54, 1.807) is 36.4 Å². The summed E-state index contributed by atoms with van der Waals surface area (Å²) in [5, 5.41) is 4.63. The fraction of sp³-hybridized carbons (Fsp3) is 0.133. The SMILES string of the molecule is CCOc1cc(COc2c(Cl)cc(/C=N/NC(=O)c3ccc(Br)cc3)cc2Cl)ccc1OCc1ccccc1. The van der Waals surface area contributed by atoms with E-state index < -0.39 is 0 Å². The molecule has 1 N–H and O–H groups in total. The van der Waals surface area contributed by atoms with E-state index in [9.17, 15) is 4.79 Å². The normalized spacial score (nSPS) is 10.9. The van der Waals surface area contributed by atoms with Gasteiger partial charge in [-0.1, -0.05) is 75.5 Å². The van der Waals surface area contributed by atoms with E-state index in [4.69, 9.17) is 37.4 Å². The van der Waals surface area contributed by atoms with Crippen LogP contribution in [0, 0.1) is 0 Å². The Kier molecular flexibility index (Phi) is 10.3. The predicted octanol–water partition coefficient (Wildman–Crippen LogP) is 8.08. The molecule has 39 heavy (non-hydrogen) atoms. The average Bonchev–Trinajstić information content (AvgIpc) is 2.93. The summed E-state index contributed by atoms with van der Waals surface area (Å²) in [4.78, 5) is 12.2.